The lowest BCUT2D eigenvalue weighted by Gasteiger charge is -2.34. The Labute approximate surface area is 142 Å². The Morgan fingerprint density at radius 1 is 1.46 bits per heavy atom. The first-order valence-corrected chi connectivity index (χ1v) is 8.46. The van der Waals surface area contributed by atoms with Crippen molar-refractivity contribution in [3.8, 4) is 0 Å². The Morgan fingerprint density at radius 3 is 3.04 bits per heavy atom. The normalized spacial score (nSPS) is 18.8. The molecule has 3 rings (SSSR count). The number of aromatic amines is 1. The lowest BCUT2D eigenvalue weighted by atomic mass is 9.95. The number of hydrogen-bond acceptors (Lipinski definition) is 2. The highest BCUT2D eigenvalue weighted by atomic mass is 16.1. The number of piperidine rings is 1. The number of fused-ring (bicyclic) bond motifs is 1. The number of aromatic nitrogens is 1. The first-order valence-electron chi connectivity index (χ1n) is 8.46. The van der Waals surface area contributed by atoms with Crippen LogP contribution in [0.15, 0.2) is 35.3 Å². The molecule has 6 nitrogen and oxygen atoms in total. The van der Waals surface area contributed by atoms with Crippen LogP contribution in [0.4, 0.5) is 0 Å². The molecule has 1 aromatic heterocycles. The second kappa shape index (κ2) is 7.38. The van der Waals surface area contributed by atoms with Crippen LogP contribution in [0.2, 0.25) is 0 Å². The minimum Gasteiger partial charge on any atom is -0.370 e. The zero-order chi connectivity index (χ0) is 16.9. The van der Waals surface area contributed by atoms with Gasteiger partial charge in [-0.3, -0.25) is 9.79 Å². The van der Waals surface area contributed by atoms with E-state index >= 15 is 0 Å². The van der Waals surface area contributed by atoms with Gasteiger partial charge in [-0.2, -0.15) is 0 Å². The molecule has 1 amide bonds. The maximum absolute atomic E-state index is 11.2. The van der Waals surface area contributed by atoms with Crippen LogP contribution in [-0.4, -0.2) is 41.9 Å². The quantitative estimate of drug-likeness (QED) is 0.591. The van der Waals surface area contributed by atoms with E-state index in [1.807, 2.05) is 12.1 Å². The molecule has 2 aromatic rings. The fourth-order valence-electron chi connectivity index (χ4n) is 3.44. The van der Waals surface area contributed by atoms with Crippen molar-refractivity contribution in [3.63, 3.8) is 0 Å². The van der Waals surface area contributed by atoms with E-state index in [4.69, 9.17) is 5.73 Å². The van der Waals surface area contributed by atoms with Gasteiger partial charge >= 0.3 is 0 Å². The zero-order valence-electron chi connectivity index (χ0n) is 14.1. The van der Waals surface area contributed by atoms with Crippen LogP contribution >= 0.6 is 0 Å². The van der Waals surface area contributed by atoms with Crippen LogP contribution in [0.25, 0.3) is 10.9 Å². The number of primary amides is 1. The number of aliphatic imine (C=N–C) groups is 1. The molecule has 1 unspecified atom stereocenters. The first-order chi connectivity index (χ1) is 11.7. The minimum atomic E-state index is -0.220. The summed E-state index contributed by atoms with van der Waals surface area (Å²) in [5, 5.41) is 4.63. The molecule has 0 saturated carbocycles. The Kier molecular flexibility index (Phi) is 5.03. The molecule has 2 heterocycles. The van der Waals surface area contributed by atoms with Gasteiger partial charge in [-0.15, -0.1) is 0 Å². The van der Waals surface area contributed by atoms with Crippen LogP contribution in [0.1, 0.15) is 25.0 Å². The molecule has 0 bridgehead atoms. The number of nitrogens with zero attached hydrogens (tertiary/aromatic N) is 2. The number of likely N-dealkylation sites (tertiary alicyclic amines) is 1. The van der Waals surface area contributed by atoms with Gasteiger partial charge in [0.15, 0.2) is 5.96 Å². The van der Waals surface area contributed by atoms with Crippen LogP contribution in [-0.2, 0) is 11.3 Å². The molecule has 0 radical (unpaired) electrons. The first kappa shape index (κ1) is 16.4. The van der Waals surface area contributed by atoms with Gasteiger partial charge in [0, 0.05) is 37.8 Å². The van der Waals surface area contributed by atoms with Crippen LogP contribution in [0.5, 0.6) is 0 Å². The summed E-state index contributed by atoms with van der Waals surface area (Å²) in [7, 11) is 1.80. The van der Waals surface area contributed by atoms with E-state index in [-0.39, 0.29) is 5.91 Å². The number of guanidine groups is 1. The molecular weight excluding hydrogens is 302 g/mol. The van der Waals surface area contributed by atoms with Crippen molar-refractivity contribution in [1.29, 1.82) is 0 Å². The van der Waals surface area contributed by atoms with Gasteiger partial charge in [-0.1, -0.05) is 18.2 Å². The van der Waals surface area contributed by atoms with Crippen LogP contribution < -0.4 is 11.1 Å². The van der Waals surface area contributed by atoms with E-state index in [0.717, 1.165) is 43.1 Å². The predicted octanol–water partition coefficient (Wildman–Crippen LogP) is 1.83. The van der Waals surface area contributed by atoms with Crippen LogP contribution in [0.3, 0.4) is 0 Å². The number of nitrogens with one attached hydrogen (secondary N) is 2. The number of hydrogen-bond donors (Lipinski definition) is 3. The Hall–Kier alpha value is -2.50. The van der Waals surface area contributed by atoms with Gasteiger partial charge in [0.05, 0.1) is 6.54 Å². The van der Waals surface area contributed by atoms with Gasteiger partial charge < -0.3 is 20.9 Å². The smallest absolute Gasteiger partial charge is 0.217 e. The van der Waals surface area contributed by atoms with Crippen molar-refractivity contribution in [2.24, 2.45) is 16.6 Å². The van der Waals surface area contributed by atoms with E-state index in [0.29, 0.717) is 18.9 Å². The van der Waals surface area contributed by atoms with Gasteiger partial charge in [-0.25, -0.2) is 0 Å². The Bertz CT molecular complexity index is 703. The second-order valence-electron chi connectivity index (χ2n) is 6.41. The summed E-state index contributed by atoms with van der Waals surface area (Å²) in [5.41, 5.74) is 7.61. The van der Waals surface area contributed by atoms with E-state index in [2.05, 4.69) is 38.4 Å². The number of nitrogens with two attached hydrogens (primary N) is 1. The largest absolute Gasteiger partial charge is 0.370 e. The topological polar surface area (TPSA) is 86.5 Å². The summed E-state index contributed by atoms with van der Waals surface area (Å²) in [6.45, 7) is 2.48. The molecule has 1 atom stereocenters. The summed E-state index contributed by atoms with van der Waals surface area (Å²) in [6, 6.07) is 10.4. The van der Waals surface area contributed by atoms with Crippen molar-refractivity contribution >= 4 is 22.8 Å². The summed E-state index contributed by atoms with van der Waals surface area (Å²) >= 11 is 0. The highest BCUT2D eigenvalue weighted by Gasteiger charge is 2.23. The molecule has 1 aliphatic heterocycles. The number of para-hydroxylation sites is 1. The zero-order valence-corrected chi connectivity index (χ0v) is 14.1. The van der Waals surface area contributed by atoms with Gasteiger partial charge in [0.25, 0.3) is 0 Å². The molecule has 128 valence electrons. The van der Waals surface area contributed by atoms with Crippen LogP contribution in [0, 0.1) is 5.92 Å². The predicted molar refractivity (Wildman–Crippen MR) is 96.6 cm³/mol. The van der Waals surface area contributed by atoms with Crippen molar-refractivity contribution in [3.05, 3.63) is 36.0 Å². The monoisotopic (exact) mass is 327 g/mol. The van der Waals surface area contributed by atoms with Crippen molar-refractivity contribution in [2.45, 2.75) is 25.8 Å². The highest BCUT2D eigenvalue weighted by Crippen LogP contribution is 2.19. The lowest BCUT2D eigenvalue weighted by molar-refractivity contribution is -0.119. The van der Waals surface area contributed by atoms with Gasteiger partial charge in [0.2, 0.25) is 5.91 Å². The van der Waals surface area contributed by atoms with Crippen molar-refractivity contribution in [1.82, 2.24) is 15.2 Å². The maximum atomic E-state index is 11.2. The molecule has 6 heteroatoms. The summed E-state index contributed by atoms with van der Waals surface area (Å²) in [5.74, 6) is 0.980. The Morgan fingerprint density at radius 2 is 2.29 bits per heavy atom. The van der Waals surface area contributed by atoms with E-state index in [9.17, 15) is 4.79 Å². The summed E-state index contributed by atoms with van der Waals surface area (Å²) in [4.78, 5) is 21.2. The highest BCUT2D eigenvalue weighted by molar-refractivity contribution is 5.82. The molecular formula is C18H25N5O. The summed E-state index contributed by atoms with van der Waals surface area (Å²) in [6.07, 6.45) is 2.57. The third kappa shape index (κ3) is 3.88. The fourth-order valence-corrected chi connectivity index (χ4v) is 3.44. The van der Waals surface area contributed by atoms with Crippen molar-refractivity contribution < 1.29 is 4.79 Å². The summed E-state index contributed by atoms with van der Waals surface area (Å²) < 4.78 is 0. The maximum Gasteiger partial charge on any atom is 0.217 e. The molecule has 1 aliphatic rings. The molecule has 1 aromatic carbocycles. The SMILES string of the molecule is CN=C(NCc1cc2ccccc2[nH]1)N1CCCC(CC(N)=O)C1. The number of amides is 1. The molecule has 0 aliphatic carbocycles. The van der Waals surface area contributed by atoms with Gasteiger partial charge in [-0.05, 0) is 36.3 Å². The minimum absolute atomic E-state index is 0.220. The standard InChI is InChI=1S/C18H25N5O/c1-20-18(23-8-4-5-13(12-23)9-17(19)24)21-11-15-10-14-6-2-3-7-16(14)22-15/h2-3,6-7,10,13,22H,4-5,8-9,11-12H2,1H3,(H2,19,24)(H,20,21). The number of H-pyrrole nitrogens is 1. The van der Waals surface area contributed by atoms with Crippen molar-refractivity contribution in [2.75, 3.05) is 20.1 Å². The number of benzene rings is 1. The molecule has 1 fully saturated rings. The lowest BCUT2D eigenvalue weighted by Crippen LogP contribution is -2.46. The van der Waals surface area contributed by atoms with Gasteiger partial charge in [0.1, 0.15) is 0 Å². The molecule has 1 saturated heterocycles. The van der Waals surface area contributed by atoms with E-state index in [1.54, 1.807) is 7.05 Å². The number of carbonyl (C=O) groups excluding carboxylic acids is 1. The van der Waals surface area contributed by atoms with E-state index < -0.39 is 0 Å². The molecule has 4 N–H and O–H groups in total. The molecule has 24 heavy (non-hydrogen) atoms. The number of rotatable bonds is 4. The third-order valence-electron chi connectivity index (χ3n) is 4.54. The Balaban J connectivity index is 1.61. The molecule has 0 spiro atoms. The average molecular weight is 327 g/mol. The number of carbonyl (C=O) groups is 1. The third-order valence-corrected chi connectivity index (χ3v) is 4.54. The second-order valence-corrected chi connectivity index (χ2v) is 6.41. The fraction of sp³-hybridized carbons (Fsp3) is 0.444. The average Bonchev–Trinajstić information content (AvgIpc) is 2.98. The van der Waals surface area contributed by atoms with E-state index in [1.165, 1.54) is 5.39 Å².